The van der Waals surface area contributed by atoms with E-state index in [-0.39, 0.29) is 11.3 Å². The molecule has 1 saturated heterocycles. The molecular formula is C26H21F2NO5. The maximum absolute atomic E-state index is 14.7. The lowest BCUT2D eigenvalue weighted by Gasteiger charge is -2.26. The molecule has 1 fully saturated rings. The Hall–Kier alpha value is -4.20. The highest BCUT2D eigenvalue weighted by atomic mass is 19.1. The van der Waals surface area contributed by atoms with Crippen LogP contribution in [0.25, 0.3) is 5.76 Å². The number of carbonyl (C=O) groups excluding carboxylic acids is 2. The highest BCUT2D eigenvalue weighted by Gasteiger charge is 2.48. The lowest BCUT2D eigenvalue weighted by Crippen LogP contribution is -2.30. The van der Waals surface area contributed by atoms with Crippen molar-refractivity contribution in [2.45, 2.75) is 19.9 Å². The van der Waals surface area contributed by atoms with Gasteiger partial charge in [-0.1, -0.05) is 12.1 Å². The first kappa shape index (κ1) is 23.0. The van der Waals surface area contributed by atoms with Crippen LogP contribution >= 0.6 is 0 Å². The molecule has 3 aromatic carbocycles. The zero-order valence-corrected chi connectivity index (χ0v) is 18.6. The van der Waals surface area contributed by atoms with Gasteiger partial charge in [-0.25, -0.2) is 8.78 Å². The number of hydrogen-bond acceptors (Lipinski definition) is 5. The largest absolute Gasteiger partial charge is 0.508 e. The highest BCUT2D eigenvalue weighted by molar-refractivity contribution is 6.51. The second-order valence-corrected chi connectivity index (χ2v) is 7.99. The number of phenolic OH excluding ortho intramolecular Hbond substituents is 1. The van der Waals surface area contributed by atoms with E-state index in [9.17, 15) is 28.6 Å². The van der Waals surface area contributed by atoms with Crippen LogP contribution < -0.4 is 9.64 Å². The van der Waals surface area contributed by atoms with E-state index in [0.29, 0.717) is 28.0 Å². The smallest absolute Gasteiger partial charge is 0.300 e. The third-order valence-corrected chi connectivity index (χ3v) is 5.82. The van der Waals surface area contributed by atoms with Crippen molar-refractivity contribution in [1.82, 2.24) is 0 Å². The van der Waals surface area contributed by atoms with Crippen LogP contribution in [-0.4, -0.2) is 29.0 Å². The molecule has 1 aliphatic rings. The van der Waals surface area contributed by atoms with Crippen molar-refractivity contribution in [2.75, 3.05) is 12.0 Å². The van der Waals surface area contributed by atoms with Gasteiger partial charge in [0.05, 0.1) is 24.4 Å². The van der Waals surface area contributed by atoms with Gasteiger partial charge in [0, 0.05) is 11.6 Å². The monoisotopic (exact) mass is 465 g/mol. The molecule has 1 atom stereocenters. The molecule has 4 rings (SSSR count). The molecule has 1 amide bonds. The molecule has 1 heterocycles. The number of amides is 1. The zero-order valence-electron chi connectivity index (χ0n) is 18.6. The van der Waals surface area contributed by atoms with Crippen LogP contribution in [0.2, 0.25) is 0 Å². The first-order valence-corrected chi connectivity index (χ1v) is 10.3. The fourth-order valence-electron chi connectivity index (χ4n) is 4.13. The molecule has 34 heavy (non-hydrogen) atoms. The summed E-state index contributed by atoms with van der Waals surface area (Å²) < 4.78 is 34.0. The molecule has 0 bridgehead atoms. The van der Waals surface area contributed by atoms with Crippen LogP contribution in [0.5, 0.6) is 11.5 Å². The Morgan fingerprint density at radius 2 is 1.65 bits per heavy atom. The Labute approximate surface area is 194 Å². The molecular weight excluding hydrogens is 444 g/mol. The van der Waals surface area contributed by atoms with Gasteiger partial charge in [0.25, 0.3) is 11.7 Å². The Bertz CT molecular complexity index is 1350. The van der Waals surface area contributed by atoms with E-state index in [1.807, 2.05) is 0 Å². The molecule has 0 spiro atoms. The first-order valence-electron chi connectivity index (χ1n) is 10.3. The molecule has 1 aliphatic heterocycles. The van der Waals surface area contributed by atoms with Crippen LogP contribution in [0.1, 0.15) is 28.3 Å². The van der Waals surface area contributed by atoms with Crippen molar-refractivity contribution in [2.24, 2.45) is 0 Å². The number of rotatable bonds is 4. The normalized spacial score (nSPS) is 17.3. The van der Waals surface area contributed by atoms with Crippen molar-refractivity contribution in [3.05, 3.63) is 94.1 Å². The second-order valence-electron chi connectivity index (χ2n) is 7.99. The van der Waals surface area contributed by atoms with Crippen molar-refractivity contribution < 1.29 is 33.3 Å². The molecule has 8 heteroatoms. The topological polar surface area (TPSA) is 87.1 Å². The molecule has 0 aromatic heterocycles. The predicted molar refractivity (Wildman–Crippen MR) is 122 cm³/mol. The third-order valence-electron chi connectivity index (χ3n) is 5.82. The van der Waals surface area contributed by atoms with Gasteiger partial charge in [0.2, 0.25) is 0 Å². The molecule has 1 unspecified atom stereocenters. The van der Waals surface area contributed by atoms with E-state index in [1.165, 1.54) is 31.4 Å². The molecule has 6 nitrogen and oxygen atoms in total. The van der Waals surface area contributed by atoms with Gasteiger partial charge in [-0.2, -0.15) is 0 Å². The van der Waals surface area contributed by atoms with Crippen molar-refractivity contribution in [3.8, 4) is 11.5 Å². The fraction of sp³-hybridized carbons (Fsp3) is 0.154. The Kier molecular flexibility index (Phi) is 5.83. The number of halogens is 2. The van der Waals surface area contributed by atoms with E-state index in [2.05, 4.69) is 0 Å². The van der Waals surface area contributed by atoms with Crippen LogP contribution in [-0.2, 0) is 9.59 Å². The Balaban J connectivity index is 2.00. The fourth-order valence-corrected chi connectivity index (χ4v) is 4.13. The van der Waals surface area contributed by atoms with E-state index < -0.39 is 40.8 Å². The molecule has 2 N–H and O–H groups in total. The number of ketones is 1. The number of Topliss-reactive ketones (excluding diaryl/α,β-unsaturated/α-hetero) is 1. The lowest BCUT2D eigenvalue weighted by molar-refractivity contribution is -0.132. The van der Waals surface area contributed by atoms with Crippen LogP contribution in [0.4, 0.5) is 14.5 Å². The number of phenols is 1. The number of carbonyl (C=O) groups is 2. The average molecular weight is 465 g/mol. The van der Waals surface area contributed by atoms with Crippen molar-refractivity contribution in [3.63, 3.8) is 0 Å². The van der Waals surface area contributed by atoms with Gasteiger partial charge >= 0.3 is 0 Å². The summed E-state index contributed by atoms with van der Waals surface area (Å²) in [6.45, 7) is 3.46. The Morgan fingerprint density at radius 3 is 2.29 bits per heavy atom. The number of anilines is 1. The van der Waals surface area contributed by atoms with Gasteiger partial charge in [-0.15, -0.1) is 0 Å². The standard InChI is InChI=1S/C26H21F2NO5/c1-13-11-21(34-3)14(2)10-18(13)24(31)22-23(15-4-7-17(30)8-5-15)29(26(33)25(22)32)20-12-16(27)6-9-19(20)28/h4-12,23,30-31H,1-3H3/b24-22+. The lowest BCUT2D eigenvalue weighted by atomic mass is 9.93. The second kappa shape index (κ2) is 8.62. The summed E-state index contributed by atoms with van der Waals surface area (Å²) in [6, 6.07) is 10.2. The van der Waals surface area contributed by atoms with Gasteiger partial charge in [-0.05, 0) is 66.9 Å². The molecule has 0 radical (unpaired) electrons. The maximum Gasteiger partial charge on any atom is 0.300 e. The molecule has 174 valence electrons. The molecule has 3 aromatic rings. The quantitative estimate of drug-likeness (QED) is 0.324. The minimum absolute atomic E-state index is 0.0701. The summed E-state index contributed by atoms with van der Waals surface area (Å²) >= 11 is 0. The van der Waals surface area contributed by atoms with E-state index in [1.54, 1.807) is 26.0 Å². The van der Waals surface area contributed by atoms with Crippen molar-refractivity contribution in [1.29, 1.82) is 0 Å². The predicted octanol–water partition coefficient (Wildman–Crippen LogP) is 4.92. The zero-order chi connectivity index (χ0) is 24.7. The number of ether oxygens (including phenoxy) is 1. The number of aliphatic hydroxyl groups is 1. The van der Waals surface area contributed by atoms with Gasteiger partial charge in [0.15, 0.2) is 0 Å². The minimum atomic E-state index is -1.27. The number of hydrogen-bond donors (Lipinski definition) is 2. The third kappa shape index (κ3) is 3.77. The van der Waals surface area contributed by atoms with Crippen LogP contribution in [0, 0.1) is 25.5 Å². The van der Waals surface area contributed by atoms with E-state index >= 15 is 0 Å². The van der Waals surface area contributed by atoms with Crippen LogP contribution in [0.3, 0.4) is 0 Å². The first-order chi connectivity index (χ1) is 16.1. The summed E-state index contributed by atoms with van der Waals surface area (Å²) in [5.41, 5.74) is 1.13. The summed E-state index contributed by atoms with van der Waals surface area (Å²) in [4.78, 5) is 27.1. The number of aryl methyl sites for hydroxylation is 2. The number of aliphatic hydroxyl groups excluding tert-OH is 1. The van der Waals surface area contributed by atoms with Gasteiger partial charge in [-0.3, -0.25) is 14.5 Å². The number of benzene rings is 3. The SMILES string of the molecule is COc1cc(C)c(/C(O)=C2\C(=O)C(=O)N(c3cc(F)ccc3F)C2c2ccc(O)cc2)cc1C. The average Bonchev–Trinajstić information content (AvgIpc) is 3.07. The summed E-state index contributed by atoms with van der Waals surface area (Å²) in [7, 11) is 1.51. The van der Waals surface area contributed by atoms with Gasteiger partial charge < -0.3 is 14.9 Å². The maximum atomic E-state index is 14.7. The van der Waals surface area contributed by atoms with E-state index in [4.69, 9.17) is 4.74 Å². The number of aromatic hydroxyl groups is 1. The number of methoxy groups -OCH3 is 1. The molecule has 0 aliphatic carbocycles. The van der Waals surface area contributed by atoms with Gasteiger partial charge in [0.1, 0.15) is 28.9 Å². The summed E-state index contributed by atoms with van der Waals surface area (Å²) in [5, 5.41) is 21.0. The number of nitrogens with zero attached hydrogens (tertiary/aromatic N) is 1. The minimum Gasteiger partial charge on any atom is -0.508 e. The summed E-state index contributed by atoms with van der Waals surface area (Å²) in [5.74, 6) is -3.84. The Morgan fingerprint density at radius 1 is 0.971 bits per heavy atom. The molecule has 0 saturated carbocycles. The van der Waals surface area contributed by atoms with E-state index in [0.717, 1.165) is 23.1 Å². The summed E-state index contributed by atoms with van der Waals surface area (Å²) in [6.07, 6.45) is 0. The van der Waals surface area contributed by atoms with Crippen LogP contribution in [0.15, 0.2) is 60.2 Å². The highest BCUT2D eigenvalue weighted by Crippen LogP contribution is 2.44. The van der Waals surface area contributed by atoms with Crippen molar-refractivity contribution >= 4 is 23.1 Å².